The van der Waals surface area contributed by atoms with Crippen molar-refractivity contribution in [2.75, 3.05) is 7.11 Å². The van der Waals surface area contributed by atoms with Crippen LogP contribution in [0.2, 0.25) is 0 Å². The number of nitrogens with one attached hydrogen (secondary N) is 2. The summed E-state index contributed by atoms with van der Waals surface area (Å²) in [4.78, 5) is 16.6. The van der Waals surface area contributed by atoms with Crippen molar-refractivity contribution >= 4 is 45.6 Å². The van der Waals surface area contributed by atoms with Gasteiger partial charge in [0.2, 0.25) is 0 Å². The van der Waals surface area contributed by atoms with E-state index in [1.807, 2.05) is 54.6 Å². The van der Waals surface area contributed by atoms with E-state index in [0.717, 1.165) is 61.7 Å². The SMILES string of the molecule is COC1=C(c2ccccc2)c2cc3nc(cc4ccc(cc5ccc(cc1n2)[nH]5)[nH]4)C=C3.[Co]. The van der Waals surface area contributed by atoms with Gasteiger partial charge in [-0.05, 0) is 66.2 Å². The zero-order valence-electron chi connectivity index (χ0n) is 17.8. The molecule has 1 radical (unpaired) electrons. The average Bonchev–Trinajstić information content (AvgIpc) is 3.58. The minimum Gasteiger partial charge on any atom is -0.494 e. The number of aromatic amines is 2. The number of hydrogen-bond acceptors (Lipinski definition) is 3. The maximum absolute atomic E-state index is 5.86. The number of fused-ring (bicyclic) bond motifs is 8. The van der Waals surface area contributed by atoms with Crippen molar-refractivity contribution in [2.24, 2.45) is 0 Å². The van der Waals surface area contributed by atoms with Crippen LogP contribution in [0.4, 0.5) is 0 Å². The van der Waals surface area contributed by atoms with E-state index in [2.05, 4.69) is 46.4 Å². The molecule has 1 aromatic carbocycles. The van der Waals surface area contributed by atoms with E-state index < -0.39 is 0 Å². The molecule has 5 heterocycles. The Kier molecular flexibility index (Phi) is 5.46. The Labute approximate surface area is 201 Å². The van der Waals surface area contributed by atoms with E-state index in [-0.39, 0.29) is 16.8 Å². The monoisotopic (exact) mass is 475 g/mol. The maximum atomic E-state index is 5.86. The predicted molar refractivity (Wildman–Crippen MR) is 129 cm³/mol. The minimum atomic E-state index is 0. The first-order chi connectivity index (χ1) is 15.7. The third-order valence-corrected chi connectivity index (χ3v) is 5.56. The molecule has 3 aromatic heterocycles. The van der Waals surface area contributed by atoms with Gasteiger partial charge < -0.3 is 14.7 Å². The second-order valence-electron chi connectivity index (χ2n) is 7.77. The van der Waals surface area contributed by atoms with Crippen molar-refractivity contribution in [3.8, 4) is 0 Å². The molecule has 0 fully saturated rings. The molecule has 0 atom stereocenters. The van der Waals surface area contributed by atoms with Gasteiger partial charge in [-0.1, -0.05) is 30.3 Å². The van der Waals surface area contributed by atoms with Gasteiger partial charge in [0.15, 0.2) is 5.76 Å². The van der Waals surface area contributed by atoms with Gasteiger partial charge >= 0.3 is 0 Å². The summed E-state index contributed by atoms with van der Waals surface area (Å²) in [6.07, 6.45) is 4.02. The van der Waals surface area contributed by atoms with Gasteiger partial charge in [-0.25, -0.2) is 9.97 Å². The summed E-state index contributed by atoms with van der Waals surface area (Å²) in [6.45, 7) is 0. The Morgan fingerprint density at radius 2 is 1.24 bits per heavy atom. The molecule has 4 aromatic rings. The van der Waals surface area contributed by atoms with Crippen LogP contribution in [-0.4, -0.2) is 27.0 Å². The predicted octanol–water partition coefficient (Wildman–Crippen LogP) is 6.05. The number of aromatic nitrogens is 4. The molecule has 6 heteroatoms. The van der Waals surface area contributed by atoms with Gasteiger partial charge in [0, 0.05) is 38.8 Å². The zero-order valence-corrected chi connectivity index (χ0v) is 18.8. The summed E-state index contributed by atoms with van der Waals surface area (Å²) >= 11 is 0. The van der Waals surface area contributed by atoms with Gasteiger partial charge in [-0.3, -0.25) is 0 Å². The molecule has 8 bridgehead atoms. The van der Waals surface area contributed by atoms with Crippen LogP contribution in [0.1, 0.15) is 28.3 Å². The standard InChI is InChI=1S/C27H20N4O.Co/c1-32-27-25-16-23-12-10-21(30-23)14-19-8-7-18(28-19)13-20-9-11-22(29-20)15-24(31-25)26(27)17-5-3-2-4-6-17;/h2-16,28,30H,1H3;. The summed E-state index contributed by atoms with van der Waals surface area (Å²) in [7, 11) is 1.69. The van der Waals surface area contributed by atoms with E-state index in [1.165, 1.54) is 0 Å². The molecule has 0 spiro atoms. The Balaban J connectivity index is 0.00000228. The first-order valence-electron chi connectivity index (χ1n) is 10.5. The summed E-state index contributed by atoms with van der Waals surface area (Å²) in [5.74, 6) is 0.749. The number of methoxy groups -OCH3 is 1. The third-order valence-electron chi connectivity index (χ3n) is 5.56. The largest absolute Gasteiger partial charge is 0.494 e. The molecule has 0 saturated heterocycles. The molecule has 2 aliphatic heterocycles. The van der Waals surface area contributed by atoms with E-state index in [4.69, 9.17) is 14.7 Å². The second kappa shape index (κ2) is 8.58. The number of ether oxygens (including phenoxy) is 1. The molecule has 163 valence electrons. The molecule has 0 unspecified atom stereocenters. The Morgan fingerprint density at radius 3 is 1.91 bits per heavy atom. The van der Waals surface area contributed by atoms with E-state index in [1.54, 1.807) is 7.11 Å². The van der Waals surface area contributed by atoms with Crippen LogP contribution >= 0.6 is 0 Å². The van der Waals surface area contributed by atoms with Crippen molar-refractivity contribution < 1.29 is 21.5 Å². The smallest absolute Gasteiger partial charge is 0.154 e. The molecule has 0 amide bonds. The third kappa shape index (κ3) is 4.02. The fourth-order valence-corrected chi connectivity index (χ4v) is 4.14. The fourth-order valence-electron chi connectivity index (χ4n) is 4.14. The minimum absolute atomic E-state index is 0. The number of hydrogen-bond donors (Lipinski definition) is 2. The van der Waals surface area contributed by atoms with Crippen LogP contribution in [0.15, 0.2) is 78.9 Å². The van der Waals surface area contributed by atoms with Crippen LogP contribution in [0, 0.1) is 0 Å². The normalized spacial score (nSPS) is 12.5. The maximum Gasteiger partial charge on any atom is 0.154 e. The van der Waals surface area contributed by atoms with E-state index >= 15 is 0 Å². The molecule has 33 heavy (non-hydrogen) atoms. The van der Waals surface area contributed by atoms with Crippen molar-refractivity contribution in [1.29, 1.82) is 0 Å². The molecular weight excluding hydrogens is 455 g/mol. The quantitative estimate of drug-likeness (QED) is 0.327. The van der Waals surface area contributed by atoms with Crippen LogP contribution in [0.25, 0.3) is 45.6 Å². The van der Waals surface area contributed by atoms with Crippen molar-refractivity contribution in [3.05, 3.63) is 107 Å². The Bertz CT molecular complexity index is 1560. The first kappa shape index (κ1) is 21.0. The summed E-state index contributed by atoms with van der Waals surface area (Å²) in [6, 6.07) is 26.6. The van der Waals surface area contributed by atoms with Crippen LogP contribution in [0.3, 0.4) is 0 Å². The van der Waals surface area contributed by atoms with Crippen molar-refractivity contribution in [2.45, 2.75) is 0 Å². The first-order valence-corrected chi connectivity index (χ1v) is 10.5. The van der Waals surface area contributed by atoms with Crippen molar-refractivity contribution in [3.63, 3.8) is 0 Å². The summed E-state index contributed by atoms with van der Waals surface area (Å²) in [5.41, 5.74) is 9.36. The molecule has 6 rings (SSSR count). The molecule has 2 N–H and O–H groups in total. The van der Waals surface area contributed by atoms with Gasteiger partial charge in [-0.15, -0.1) is 0 Å². The molecule has 2 aliphatic rings. The van der Waals surface area contributed by atoms with E-state index in [9.17, 15) is 0 Å². The molecule has 0 aliphatic carbocycles. The Morgan fingerprint density at radius 1 is 0.636 bits per heavy atom. The Hall–Kier alpha value is -3.87. The van der Waals surface area contributed by atoms with Gasteiger partial charge in [0.05, 0.1) is 29.8 Å². The molecule has 5 nitrogen and oxygen atoms in total. The summed E-state index contributed by atoms with van der Waals surface area (Å²) < 4.78 is 5.86. The van der Waals surface area contributed by atoms with Gasteiger partial charge in [0.25, 0.3) is 0 Å². The van der Waals surface area contributed by atoms with Crippen LogP contribution in [0.5, 0.6) is 0 Å². The van der Waals surface area contributed by atoms with Gasteiger partial charge in [0.1, 0.15) is 5.69 Å². The zero-order chi connectivity index (χ0) is 21.5. The van der Waals surface area contributed by atoms with Crippen molar-refractivity contribution in [1.82, 2.24) is 19.9 Å². The van der Waals surface area contributed by atoms with Crippen LogP contribution in [-0.2, 0) is 21.5 Å². The number of benzene rings is 1. The molecular formula is C27H20CoN4O. The fraction of sp³-hybridized carbons (Fsp3) is 0.0370. The number of H-pyrrole nitrogens is 2. The average molecular weight is 475 g/mol. The van der Waals surface area contributed by atoms with Crippen LogP contribution < -0.4 is 0 Å². The second-order valence-corrected chi connectivity index (χ2v) is 7.77. The van der Waals surface area contributed by atoms with E-state index in [0.29, 0.717) is 0 Å². The topological polar surface area (TPSA) is 66.6 Å². The van der Waals surface area contributed by atoms with Gasteiger partial charge in [-0.2, -0.15) is 0 Å². The number of rotatable bonds is 2. The summed E-state index contributed by atoms with van der Waals surface area (Å²) in [5, 5.41) is 0. The number of nitrogens with zero attached hydrogens (tertiary/aromatic N) is 2. The molecule has 0 saturated carbocycles.